The first-order valence-corrected chi connectivity index (χ1v) is 21.9. The van der Waals surface area contributed by atoms with E-state index in [9.17, 15) is 0 Å². The van der Waals surface area contributed by atoms with Crippen LogP contribution in [0.2, 0.25) is 0 Å². The molecule has 8 aromatic carbocycles. The molecule has 294 valence electrons. The zero-order chi connectivity index (χ0) is 41.4. The van der Waals surface area contributed by atoms with Crippen molar-refractivity contribution < 1.29 is 0 Å². The predicted molar refractivity (Wildman–Crippen MR) is 261 cm³/mol. The molecule has 0 spiro atoms. The van der Waals surface area contributed by atoms with Crippen molar-refractivity contribution in [2.24, 2.45) is 0 Å². The minimum absolute atomic E-state index is 0.581. The van der Waals surface area contributed by atoms with Crippen molar-refractivity contribution in [3.8, 4) is 56.8 Å². The number of rotatable bonds is 6. The van der Waals surface area contributed by atoms with Gasteiger partial charge in [0.2, 0.25) is 5.95 Å². The first-order chi connectivity index (χ1) is 31.2. The zero-order valence-electron chi connectivity index (χ0n) is 33.7. The maximum Gasteiger partial charge on any atom is 0.238 e. The van der Waals surface area contributed by atoms with Gasteiger partial charge in [0.25, 0.3) is 0 Å². The van der Waals surface area contributed by atoms with Gasteiger partial charge in [-0.2, -0.15) is 9.97 Å². The number of fused-ring (bicyclic) bond motifs is 9. The van der Waals surface area contributed by atoms with E-state index in [4.69, 9.17) is 19.9 Å². The highest BCUT2D eigenvalue weighted by Crippen LogP contribution is 2.40. The standard InChI is InChI=1S/C56H34N6S/c1-3-13-36(14-4-1)54-58-55(37-15-5-2-6-16-37)60-56(59-54)62-49-21-11-8-18-42(49)45-32-39(26-30-51(45)62)38-25-29-50-44(31-38)41-17-7-10-20-48(41)61(50)40-27-23-35(24-28-40)47-33-46-43-19-9-12-22-52(43)63-53(46)34-57-47/h1-34H. The highest BCUT2D eigenvalue weighted by atomic mass is 32.1. The highest BCUT2D eigenvalue weighted by molar-refractivity contribution is 7.25. The van der Waals surface area contributed by atoms with Gasteiger partial charge >= 0.3 is 0 Å². The average Bonchev–Trinajstić information content (AvgIpc) is 4.01. The third-order valence-corrected chi connectivity index (χ3v) is 13.4. The van der Waals surface area contributed by atoms with Gasteiger partial charge in [0, 0.05) is 65.6 Å². The summed E-state index contributed by atoms with van der Waals surface area (Å²) in [5.41, 5.74) is 11.8. The Morgan fingerprint density at radius 1 is 0.333 bits per heavy atom. The number of hydrogen-bond acceptors (Lipinski definition) is 5. The molecule has 0 saturated heterocycles. The van der Waals surface area contributed by atoms with Gasteiger partial charge < -0.3 is 4.57 Å². The summed E-state index contributed by atoms with van der Waals surface area (Å²) in [5, 5.41) is 7.23. The molecule has 13 rings (SSSR count). The largest absolute Gasteiger partial charge is 0.309 e. The van der Waals surface area contributed by atoms with Crippen molar-refractivity contribution in [3.63, 3.8) is 0 Å². The molecule has 0 fully saturated rings. The molecule has 0 bridgehead atoms. The van der Waals surface area contributed by atoms with E-state index in [0.29, 0.717) is 17.6 Å². The molecule has 0 saturated carbocycles. The fourth-order valence-electron chi connectivity index (χ4n) is 9.27. The van der Waals surface area contributed by atoms with Crippen LogP contribution < -0.4 is 0 Å². The van der Waals surface area contributed by atoms with E-state index >= 15 is 0 Å². The zero-order valence-corrected chi connectivity index (χ0v) is 34.5. The van der Waals surface area contributed by atoms with Crippen molar-refractivity contribution in [1.82, 2.24) is 29.1 Å². The molecular formula is C56H34N6S. The van der Waals surface area contributed by atoms with Gasteiger partial charge in [-0.3, -0.25) is 9.55 Å². The van der Waals surface area contributed by atoms with Crippen LogP contribution in [-0.4, -0.2) is 29.1 Å². The molecule has 6 nitrogen and oxygen atoms in total. The number of para-hydroxylation sites is 2. The van der Waals surface area contributed by atoms with Crippen LogP contribution in [0.4, 0.5) is 0 Å². The predicted octanol–water partition coefficient (Wildman–Crippen LogP) is 14.5. The minimum atomic E-state index is 0.581. The van der Waals surface area contributed by atoms with Gasteiger partial charge in [-0.25, -0.2) is 4.98 Å². The van der Waals surface area contributed by atoms with Gasteiger partial charge in [0.1, 0.15) is 0 Å². The molecule has 13 aromatic rings. The van der Waals surface area contributed by atoms with Crippen molar-refractivity contribution >= 4 is 75.1 Å². The number of benzene rings is 8. The third-order valence-electron chi connectivity index (χ3n) is 12.3. The summed E-state index contributed by atoms with van der Waals surface area (Å²) >= 11 is 1.79. The first-order valence-electron chi connectivity index (χ1n) is 21.0. The summed E-state index contributed by atoms with van der Waals surface area (Å²) in [5.74, 6) is 1.84. The molecule has 63 heavy (non-hydrogen) atoms. The molecule has 0 unspecified atom stereocenters. The lowest BCUT2D eigenvalue weighted by atomic mass is 10.0. The fraction of sp³-hybridized carbons (Fsp3) is 0. The Balaban J connectivity index is 0.915. The van der Waals surface area contributed by atoms with Gasteiger partial charge in [-0.1, -0.05) is 140 Å². The molecular weight excluding hydrogens is 789 g/mol. The monoisotopic (exact) mass is 822 g/mol. The molecule has 0 aliphatic carbocycles. The Morgan fingerprint density at radius 2 is 0.841 bits per heavy atom. The quantitative estimate of drug-likeness (QED) is 0.168. The highest BCUT2D eigenvalue weighted by Gasteiger charge is 2.20. The van der Waals surface area contributed by atoms with Crippen LogP contribution >= 0.6 is 11.3 Å². The van der Waals surface area contributed by atoms with E-state index < -0.39 is 0 Å². The molecule has 0 N–H and O–H groups in total. The lowest BCUT2D eigenvalue weighted by Crippen LogP contribution is -2.06. The number of nitrogens with zero attached hydrogens (tertiary/aromatic N) is 6. The normalized spacial score (nSPS) is 11.8. The van der Waals surface area contributed by atoms with E-state index in [1.807, 2.05) is 66.9 Å². The van der Waals surface area contributed by atoms with Crippen LogP contribution in [0.5, 0.6) is 0 Å². The minimum Gasteiger partial charge on any atom is -0.309 e. The Morgan fingerprint density at radius 3 is 1.48 bits per heavy atom. The fourth-order valence-corrected chi connectivity index (χ4v) is 10.3. The summed E-state index contributed by atoms with van der Waals surface area (Å²) in [6, 6.07) is 70.7. The van der Waals surface area contributed by atoms with Crippen LogP contribution in [-0.2, 0) is 0 Å². The number of hydrogen-bond donors (Lipinski definition) is 0. The second-order valence-corrected chi connectivity index (χ2v) is 17.0. The molecule has 0 aliphatic rings. The summed E-state index contributed by atoms with van der Waals surface area (Å²) in [4.78, 5) is 20.1. The lowest BCUT2D eigenvalue weighted by Gasteiger charge is -2.11. The lowest BCUT2D eigenvalue weighted by molar-refractivity contribution is 0.953. The van der Waals surface area contributed by atoms with Crippen LogP contribution in [0.25, 0.3) is 121 Å². The second kappa shape index (κ2) is 14.2. The Bertz CT molecular complexity index is 3850. The molecule has 0 amide bonds. The number of aromatic nitrogens is 6. The Kier molecular flexibility index (Phi) is 7.98. The van der Waals surface area contributed by atoms with Crippen molar-refractivity contribution in [2.45, 2.75) is 0 Å². The summed E-state index contributed by atoms with van der Waals surface area (Å²) in [7, 11) is 0. The summed E-state index contributed by atoms with van der Waals surface area (Å²) in [6.07, 6.45) is 2.02. The van der Waals surface area contributed by atoms with Gasteiger partial charge in [-0.15, -0.1) is 11.3 Å². The number of pyridine rings is 1. The van der Waals surface area contributed by atoms with E-state index in [0.717, 1.165) is 66.5 Å². The molecule has 0 aliphatic heterocycles. The summed E-state index contributed by atoms with van der Waals surface area (Å²) < 4.78 is 7.05. The topological polar surface area (TPSA) is 61.4 Å². The molecule has 0 radical (unpaired) electrons. The van der Waals surface area contributed by atoms with E-state index in [2.05, 4.69) is 149 Å². The van der Waals surface area contributed by atoms with Gasteiger partial charge in [-0.05, 0) is 71.8 Å². The summed E-state index contributed by atoms with van der Waals surface area (Å²) in [6.45, 7) is 0. The maximum atomic E-state index is 5.12. The third kappa shape index (κ3) is 5.78. The molecule has 5 aromatic heterocycles. The second-order valence-electron chi connectivity index (χ2n) is 15.9. The van der Waals surface area contributed by atoms with Crippen LogP contribution in [0.15, 0.2) is 206 Å². The van der Waals surface area contributed by atoms with Gasteiger partial charge in [0.15, 0.2) is 11.6 Å². The average molecular weight is 823 g/mol. The van der Waals surface area contributed by atoms with Crippen LogP contribution in [0.3, 0.4) is 0 Å². The Hall–Kier alpha value is -8.26. The molecule has 5 heterocycles. The van der Waals surface area contributed by atoms with Crippen molar-refractivity contribution in [3.05, 3.63) is 206 Å². The van der Waals surface area contributed by atoms with E-state index in [1.54, 1.807) is 11.3 Å². The van der Waals surface area contributed by atoms with Gasteiger partial charge in [0.05, 0.1) is 32.5 Å². The first kappa shape index (κ1) is 35.5. The SMILES string of the molecule is c1ccc(-c2nc(-c3ccccc3)nc(-n3c4ccccc4c4cc(-c5ccc6c(c5)c5ccccc5n6-c5ccc(-c6cc7c(cn6)sc6ccccc67)cc5)ccc43)n2)cc1. The Labute approximate surface area is 365 Å². The maximum absolute atomic E-state index is 5.12. The smallest absolute Gasteiger partial charge is 0.238 e. The van der Waals surface area contributed by atoms with Crippen molar-refractivity contribution in [2.75, 3.05) is 0 Å². The van der Waals surface area contributed by atoms with Crippen LogP contribution in [0.1, 0.15) is 0 Å². The van der Waals surface area contributed by atoms with E-state index in [-0.39, 0.29) is 0 Å². The van der Waals surface area contributed by atoms with Crippen molar-refractivity contribution in [1.29, 1.82) is 0 Å². The van der Waals surface area contributed by atoms with E-state index in [1.165, 1.54) is 36.5 Å². The van der Waals surface area contributed by atoms with Crippen LogP contribution in [0, 0.1) is 0 Å². The molecule has 0 atom stereocenters. The molecule has 7 heteroatoms. The number of thiophene rings is 1.